The third-order valence-corrected chi connectivity index (χ3v) is 3.81. The molecule has 2 N–H and O–H groups in total. The third-order valence-electron chi connectivity index (χ3n) is 1.82. The highest BCUT2D eigenvalue weighted by atomic mass is 79.9. The average molecular weight is 310 g/mol. The summed E-state index contributed by atoms with van der Waals surface area (Å²) in [6, 6.07) is 4.60. The Bertz CT molecular complexity index is 461. The number of ether oxygens (including phenoxy) is 1. The highest BCUT2D eigenvalue weighted by Crippen LogP contribution is 2.26. The van der Waals surface area contributed by atoms with Gasteiger partial charge in [0.1, 0.15) is 10.6 Å². The lowest BCUT2D eigenvalue weighted by Gasteiger charge is -2.10. The molecule has 0 aliphatic carbocycles. The first-order valence-electron chi connectivity index (χ1n) is 4.45. The highest BCUT2D eigenvalue weighted by Gasteiger charge is 2.18. The second-order valence-electron chi connectivity index (χ2n) is 2.92. The van der Waals surface area contributed by atoms with Crippen molar-refractivity contribution in [2.75, 3.05) is 20.3 Å². The smallest absolute Gasteiger partial charge is 0.244 e. The van der Waals surface area contributed by atoms with E-state index in [1.807, 2.05) is 0 Å². The molecule has 0 bridgehead atoms. The van der Waals surface area contributed by atoms with E-state index >= 15 is 0 Å². The van der Waals surface area contributed by atoms with Crippen molar-refractivity contribution in [2.45, 2.75) is 4.90 Å². The van der Waals surface area contributed by atoms with Crippen LogP contribution in [0.5, 0.6) is 5.75 Å². The predicted molar refractivity (Wildman–Crippen MR) is 63.0 cm³/mol. The maximum absolute atomic E-state index is 11.8. The lowest BCUT2D eigenvalue weighted by atomic mass is 10.3. The molecule has 5 nitrogen and oxygen atoms in total. The molecule has 0 atom stereocenters. The number of benzene rings is 1. The molecule has 0 saturated carbocycles. The molecule has 1 rings (SSSR count). The molecule has 1 aromatic carbocycles. The van der Waals surface area contributed by atoms with Gasteiger partial charge in [-0.2, -0.15) is 0 Å². The van der Waals surface area contributed by atoms with Gasteiger partial charge >= 0.3 is 0 Å². The Morgan fingerprint density at radius 3 is 2.75 bits per heavy atom. The van der Waals surface area contributed by atoms with Crippen molar-refractivity contribution < 1.29 is 18.3 Å². The van der Waals surface area contributed by atoms with Crippen molar-refractivity contribution in [3.8, 4) is 5.75 Å². The summed E-state index contributed by atoms with van der Waals surface area (Å²) >= 11 is 3.22. The summed E-state index contributed by atoms with van der Waals surface area (Å²) in [5.41, 5.74) is 0. The summed E-state index contributed by atoms with van der Waals surface area (Å²) in [7, 11) is -2.24. The number of nitrogens with one attached hydrogen (secondary N) is 1. The van der Waals surface area contributed by atoms with Gasteiger partial charge in [-0.05, 0) is 18.2 Å². The van der Waals surface area contributed by atoms with Crippen LogP contribution in [0.15, 0.2) is 27.6 Å². The summed E-state index contributed by atoms with van der Waals surface area (Å²) in [6.07, 6.45) is 0. The Kier molecular flexibility index (Phi) is 4.72. The van der Waals surface area contributed by atoms with E-state index in [0.29, 0.717) is 0 Å². The van der Waals surface area contributed by atoms with Crippen LogP contribution in [0.1, 0.15) is 0 Å². The number of rotatable bonds is 5. The lowest BCUT2D eigenvalue weighted by molar-refractivity contribution is 0.301. The fraction of sp³-hybridized carbons (Fsp3) is 0.333. The highest BCUT2D eigenvalue weighted by molar-refractivity contribution is 9.10. The van der Waals surface area contributed by atoms with Crippen LogP contribution < -0.4 is 9.46 Å². The monoisotopic (exact) mass is 309 g/mol. The summed E-state index contributed by atoms with van der Waals surface area (Å²) in [5, 5.41) is 8.58. The molecule has 7 heteroatoms. The second kappa shape index (κ2) is 5.62. The maximum Gasteiger partial charge on any atom is 0.244 e. The molecule has 0 saturated heterocycles. The van der Waals surface area contributed by atoms with Crippen molar-refractivity contribution >= 4 is 26.0 Å². The van der Waals surface area contributed by atoms with Crippen molar-refractivity contribution in [3.63, 3.8) is 0 Å². The van der Waals surface area contributed by atoms with Gasteiger partial charge in [0, 0.05) is 11.0 Å². The Morgan fingerprint density at radius 1 is 1.50 bits per heavy atom. The molecule has 0 aliphatic heterocycles. The van der Waals surface area contributed by atoms with Crippen LogP contribution in [-0.4, -0.2) is 33.8 Å². The average Bonchev–Trinajstić information content (AvgIpc) is 2.26. The molecule has 0 fully saturated rings. The van der Waals surface area contributed by atoms with E-state index in [1.165, 1.54) is 13.2 Å². The van der Waals surface area contributed by atoms with E-state index in [-0.39, 0.29) is 23.8 Å². The van der Waals surface area contributed by atoms with E-state index < -0.39 is 10.0 Å². The zero-order valence-electron chi connectivity index (χ0n) is 8.60. The summed E-state index contributed by atoms with van der Waals surface area (Å²) < 4.78 is 31.5. The van der Waals surface area contributed by atoms with Crippen molar-refractivity contribution in [2.24, 2.45) is 0 Å². The van der Waals surface area contributed by atoms with Crippen molar-refractivity contribution in [1.29, 1.82) is 0 Å². The van der Waals surface area contributed by atoms with Gasteiger partial charge < -0.3 is 9.84 Å². The minimum atomic E-state index is -3.64. The van der Waals surface area contributed by atoms with Gasteiger partial charge in [-0.15, -0.1) is 0 Å². The zero-order valence-corrected chi connectivity index (χ0v) is 11.0. The SMILES string of the molecule is COc1cc(Br)ccc1S(=O)(=O)NCCO. The van der Waals surface area contributed by atoms with Gasteiger partial charge in [0.2, 0.25) is 10.0 Å². The van der Waals surface area contributed by atoms with Gasteiger partial charge in [0.05, 0.1) is 13.7 Å². The van der Waals surface area contributed by atoms with Crippen LogP contribution >= 0.6 is 15.9 Å². The fourth-order valence-corrected chi connectivity index (χ4v) is 2.63. The molecule has 0 radical (unpaired) electrons. The van der Waals surface area contributed by atoms with Gasteiger partial charge in [-0.3, -0.25) is 0 Å². The molecular weight excluding hydrogens is 298 g/mol. The van der Waals surface area contributed by atoms with Crippen LogP contribution in [0.25, 0.3) is 0 Å². The second-order valence-corrected chi connectivity index (χ2v) is 5.57. The Balaban J connectivity index is 3.12. The van der Waals surface area contributed by atoms with Crippen LogP contribution in [-0.2, 0) is 10.0 Å². The first kappa shape index (κ1) is 13.4. The third kappa shape index (κ3) is 3.18. The molecule has 90 valence electrons. The molecule has 0 aromatic heterocycles. The number of halogens is 1. The van der Waals surface area contributed by atoms with E-state index in [9.17, 15) is 8.42 Å². The standard InChI is InChI=1S/C9H12BrNO4S/c1-15-8-6-7(10)2-3-9(8)16(13,14)11-4-5-12/h2-3,6,11-12H,4-5H2,1H3. The number of aliphatic hydroxyl groups is 1. The number of hydrogen-bond acceptors (Lipinski definition) is 4. The van der Waals surface area contributed by atoms with E-state index in [1.54, 1.807) is 12.1 Å². The van der Waals surface area contributed by atoms with Crippen LogP contribution in [0.4, 0.5) is 0 Å². The van der Waals surface area contributed by atoms with Crippen LogP contribution in [0.2, 0.25) is 0 Å². The predicted octanol–water partition coefficient (Wildman–Crippen LogP) is 0.728. The summed E-state index contributed by atoms with van der Waals surface area (Å²) in [6.45, 7) is -0.278. The number of aliphatic hydroxyl groups excluding tert-OH is 1. The van der Waals surface area contributed by atoms with E-state index in [0.717, 1.165) is 4.47 Å². The number of hydrogen-bond donors (Lipinski definition) is 2. The topological polar surface area (TPSA) is 75.6 Å². The quantitative estimate of drug-likeness (QED) is 0.841. The molecule has 0 aliphatic rings. The Hall–Kier alpha value is -0.630. The first-order chi connectivity index (χ1) is 7.51. The molecule has 0 spiro atoms. The lowest BCUT2D eigenvalue weighted by Crippen LogP contribution is -2.27. The largest absolute Gasteiger partial charge is 0.495 e. The minimum Gasteiger partial charge on any atom is -0.495 e. The first-order valence-corrected chi connectivity index (χ1v) is 6.73. The van der Waals surface area contributed by atoms with E-state index in [2.05, 4.69) is 20.7 Å². The van der Waals surface area contributed by atoms with Gasteiger partial charge in [-0.25, -0.2) is 13.1 Å². The molecule has 0 amide bonds. The van der Waals surface area contributed by atoms with Crippen molar-refractivity contribution in [3.05, 3.63) is 22.7 Å². The number of methoxy groups -OCH3 is 1. The normalized spacial score (nSPS) is 11.4. The molecule has 0 unspecified atom stereocenters. The van der Waals surface area contributed by atoms with E-state index in [4.69, 9.17) is 9.84 Å². The van der Waals surface area contributed by atoms with Crippen LogP contribution in [0.3, 0.4) is 0 Å². The molecule has 1 aromatic rings. The fourth-order valence-electron chi connectivity index (χ4n) is 1.12. The van der Waals surface area contributed by atoms with Crippen molar-refractivity contribution in [1.82, 2.24) is 4.72 Å². The minimum absolute atomic E-state index is 0.0262. The summed E-state index contributed by atoms with van der Waals surface area (Å²) in [4.78, 5) is 0.0478. The Morgan fingerprint density at radius 2 is 2.19 bits per heavy atom. The van der Waals surface area contributed by atoms with Gasteiger partial charge in [0.25, 0.3) is 0 Å². The van der Waals surface area contributed by atoms with Crippen LogP contribution in [0, 0.1) is 0 Å². The maximum atomic E-state index is 11.8. The Labute approximate surface area is 103 Å². The molecule has 16 heavy (non-hydrogen) atoms. The summed E-state index contributed by atoms with van der Waals surface area (Å²) in [5.74, 6) is 0.250. The van der Waals surface area contributed by atoms with Gasteiger partial charge in [-0.1, -0.05) is 15.9 Å². The van der Waals surface area contributed by atoms with Gasteiger partial charge in [0.15, 0.2) is 0 Å². The number of sulfonamides is 1. The zero-order chi connectivity index (χ0) is 12.2. The molecular formula is C9H12BrNO4S. The molecule has 0 heterocycles.